The molecule has 2 heterocycles. The second kappa shape index (κ2) is 10.4. The van der Waals surface area contributed by atoms with Gasteiger partial charge in [0.1, 0.15) is 18.0 Å². The van der Waals surface area contributed by atoms with Gasteiger partial charge in [-0.05, 0) is 48.5 Å². The summed E-state index contributed by atoms with van der Waals surface area (Å²) in [6.07, 6.45) is 3.72. The molecule has 4 aromatic rings. The standard InChI is InChI=1S/C27H33ClN4O3Si/c1-30-23-11-10-21(26(24(23)29)35-19-8-6-18(28)7-9-19)22-16-31(2)27(33)25-20(22)12-13-32(25)17-34-14-15-36(3,4)5/h6-13,16,30H,14-15,17,29H2,1-5H3. The van der Waals surface area contributed by atoms with E-state index in [1.807, 2.05) is 42.2 Å². The molecule has 0 amide bonds. The number of nitrogens with zero attached hydrogens (tertiary/aromatic N) is 2. The van der Waals surface area contributed by atoms with Crippen LogP contribution in [0.3, 0.4) is 0 Å². The molecule has 190 valence electrons. The van der Waals surface area contributed by atoms with Crippen LogP contribution in [0.5, 0.6) is 11.5 Å². The molecule has 0 radical (unpaired) electrons. The molecule has 0 fully saturated rings. The monoisotopic (exact) mass is 524 g/mol. The van der Waals surface area contributed by atoms with E-state index in [0.717, 1.165) is 28.2 Å². The predicted molar refractivity (Wildman–Crippen MR) is 152 cm³/mol. The van der Waals surface area contributed by atoms with E-state index in [1.54, 1.807) is 35.9 Å². The number of nitrogens with one attached hydrogen (secondary N) is 1. The van der Waals surface area contributed by atoms with Crippen molar-refractivity contribution < 1.29 is 9.47 Å². The van der Waals surface area contributed by atoms with Gasteiger partial charge in [-0.15, -0.1) is 0 Å². The number of halogens is 1. The van der Waals surface area contributed by atoms with Gasteiger partial charge in [-0.3, -0.25) is 4.79 Å². The maximum absolute atomic E-state index is 13.2. The molecule has 0 atom stereocenters. The molecule has 7 nitrogen and oxygen atoms in total. The minimum Gasteiger partial charge on any atom is -0.454 e. The number of anilines is 2. The first-order chi connectivity index (χ1) is 17.1. The molecule has 0 saturated heterocycles. The van der Waals surface area contributed by atoms with Crippen molar-refractivity contribution in [2.75, 3.05) is 24.7 Å². The predicted octanol–water partition coefficient (Wildman–Crippen LogP) is 6.39. The molecule has 0 spiro atoms. The van der Waals surface area contributed by atoms with E-state index in [0.29, 0.717) is 41.1 Å². The number of benzene rings is 2. The lowest BCUT2D eigenvalue weighted by Crippen LogP contribution is -2.23. The summed E-state index contributed by atoms with van der Waals surface area (Å²) in [5.41, 5.74) is 9.87. The topological polar surface area (TPSA) is 83.4 Å². The fourth-order valence-electron chi connectivity index (χ4n) is 4.04. The molecule has 0 saturated carbocycles. The summed E-state index contributed by atoms with van der Waals surface area (Å²) in [6.45, 7) is 7.95. The highest BCUT2D eigenvalue weighted by Gasteiger charge is 2.20. The van der Waals surface area contributed by atoms with Gasteiger partial charge < -0.3 is 29.7 Å². The molecule has 4 rings (SSSR count). The van der Waals surface area contributed by atoms with Gasteiger partial charge in [-0.25, -0.2) is 0 Å². The first kappa shape index (κ1) is 25.9. The lowest BCUT2D eigenvalue weighted by atomic mass is 10.0. The molecule has 9 heteroatoms. The van der Waals surface area contributed by atoms with Crippen LogP contribution in [0.25, 0.3) is 22.0 Å². The van der Waals surface area contributed by atoms with Crippen LogP contribution in [0.1, 0.15) is 0 Å². The zero-order valence-corrected chi connectivity index (χ0v) is 23.1. The molecule has 0 aliphatic carbocycles. The Morgan fingerprint density at radius 2 is 1.78 bits per heavy atom. The van der Waals surface area contributed by atoms with E-state index >= 15 is 0 Å². The highest BCUT2D eigenvalue weighted by molar-refractivity contribution is 6.76. The molecule has 0 aliphatic heterocycles. The Kier molecular flexibility index (Phi) is 7.49. The molecule has 36 heavy (non-hydrogen) atoms. The first-order valence-corrected chi connectivity index (χ1v) is 16.0. The summed E-state index contributed by atoms with van der Waals surface area (Å²) < 4.78 is 15.7. The average Bonchev–Trinajstić information content (AvgIpc) is 3.25. The maximum atomic E-state index is 13.2. The van der Waals surface area contributed by atoms with Crippen molar-refractivity contribution >= 4 is 42.0 Å². The van der Waals surface area contributed by atoms with Crippen LogP contribution in [-0.4, -0.2) is 30.9 Å². The lowest BCUT2D eigenvalue weighted by molar-refractivity contribution is 0.0901. The molecular weight excluding hydrogens is 492 g/mol. The van der Waals surface area contributed by atoms with Gasteiger partial charge in [0.05, 0.1) is 11.4 Å². The zero-order chi connectivity index (χ0) is 26.0. The molecule has 0 aliphatic rings. The summed E-state index contributed by atoms with van der Waals surface area (Å²) in [7, 11) is 2.36. The Labute approximate surface area is 217 Å². The van der Waals surface area contributed by atoms with Gasteiger partial charge >= 0.3 is 0 Å². The fourth-order valence-corrected chi connectivity index (χ4v) is 4.92. The van der Waals surface area contributed by atoms with Crippen molar-refractivity contribution in [1.29, 1.82) is 0 Å². The average molecular weight is 525 g/mol. The van der Waals surface area contributed by atoms with Crippen LogP contribution in [0.4, 0.5) is 11.4 Å². The number of hydrogen-bond donors (Lipinski definition) is 2. The van der Waals surface area contributed by atoms with Crippen molar-refractivity contribution in [2.24, 2.45) is 7.05 Å². The number of hydrogen-bond acceptors (Lipinski definition) is 5. The van der Waals surface area contributed by atoms with Crippen LogP contribution < -0.4 is 21.3 Å². The van der Waals surface area contributed by atoms with Crippen LogP contribution in [-0.2, 0) is 18.5 Å². The Balaban J connectivity index is 1.80. The molecule has 2 aromatic heterocycles. The Morgan fingerprint density at radius 3 is 2.44 bits per heavy atom. The maximum Gasteiger partial charge on any atom is 0.274 e. The quantitative estimate of drug-likeness (QED) is 0.150. The van der Waals surface area contributed by atoms with Crippen molar-refractivity contribution in [2.45, 2.75) is 32.4 Å². The van der Waals surface area contributed by atoms with Crippen molar-refractivity contribution in [3.05, 3.63) is 70.2 Å². The highest BCUT2D eigenvalue weighted by Crippen LogP contribution is 2.43. The molecule has 0 unspecified atom stereocenters. The number of pyridine rings is 1. The highest BCUT2D eigenvalue weighted by atomic mass is 35.5. The van der Waals surface area contributed by atoms with Gasteiger partial charge in [0.15, 0.2) is 5.75 Å². The van der Waals surface area contributed by atoms with E-state index in [4.69, 9.17) is 26.8 Å². The third kappa shape index (κ3) is 5.46. The number of aryl methyl sites for hydroxylation is 1. The first-order valence-electron chi connectivity index (χ1n) is 11.9. The minimum atomic E-state index is -1.20. The fraction of sp³-hybridized carbons (Fsp3) is 0.296. The SMILES string of the molecule is CNc1ccc(-c2cn(C)c(=O)c3c2ccn3COCC[Si](C)(C)C)c(Oc2ccc(Cl)cc2)c1N. The molecule has 2 aromatic carbocycles. The Hall–Kier alpha value is -3.20. The van der Waals surface area contributed by atoms with E-state index in [1.165, 1.54) is 0 Å². The summed E-state index contributed by atoms with van der Waals surface area (Å²) in [6, 6.07) is 14.0. The van der Waals surface area contributed by atoms with Gasteiger partial charge in [-0.2, -0.15) is 0 Å². The van der Waals surface area contributed by atoms with Gasteiger partial charge in [0.25, 0.3) is 5.56 Å². The van der Waals surface area contributed by atoms with Gasteiger partial charge in [-0.1, -0.05) is 31.2 Å². The van der Waals surface area contributed by atoms with Gasteiger partial charge in [0.2, 0.25) is 0 Å². The van der Waals surface area contributed by atoms with E-state index < -0.39 is 8.07 Å². The zero-order valence-electron chi connectivity index (χ0n) is 21.4. The Morgan fingerprint density at radius 1 is 1.06 bits per heavy atom. The van der Waals surface area contributed by atoms with Crippen LogP contribution in [0.2, 0.25) is 30.7 Å². The van der Waals surface area contributed by atoms with E-state index in [2.05, 4.69) is 25.0 Å². The number of aromatic nitrogens is 2. The Bertz CT molecular complexity index is 1440. The third-order valence-electron chi connectivity index (χ3n) is 6.12. The lowest BCUT2D eigenvalue weighted by Gasteiger charge is -2.18. The number of fused-ring (bicyclic) bond motifs is 1. The van der Waals surface area contributed by atoms with Crippen molar-refractivity contribution in [3.8, 4) is 22.6 Å². The largest absolute Gasteiger partial charge is 0.454 e. The van der Waals surface area contributed by atoms with E-state index in [9.17, 15) is 4.79 Å². The number of nitrogen functional groups attached to an aromatic ring is 1. The normalized spacial score (nSPS) is 11.7. The van der Waals surface area contributed by atoms with Crippen LogP contribution in [0, 0.1) is 0 Å². The molecule has 3 N–H and O–H groups in total. The van der Waals surface area contributed by atoms with Crippen LogP contribution >= 0.6 is 11.6 Å². The summed E-state index contributed by atoms with van der Waals surface area (Å²) in [4.78, 5) is 13.2. The molecule has 0 bridgehead atoms. The number of nitrogens with two attached hydrogens (primary N) is 1. The summed E-state index contributed by atoms with van der Waals surface area (Å²) in [5, 5.41) is 4.54. The third-order valence-corrected chi connectivity index (χ3v) is 8.07. The van der Waals surface area contributed by atoms with E-state index in [-0.39, 0.29) is 5.56 Å². The number of rotatable bonds is 9. The van der Waals surface area contributed by atoms with Gasteiger partial charge in [0, 0.05) is 62.7 Å². The molecular formula is C27H33ClN4O3Si. The second-order valence-corrected chi connectivity index (χ2v) is 16.1. The van der Waals surface area contributed by atoms with Crippen molar-refractivity contribution in [3.63, 3.8) is 0 Å². The second-order valence-electron chi connectivity index (χ2n) is 10.1. The summed E-state index contributed by atoms with van der Waals surface area (Å²) in [5.74, 6) is 1.11. The van der Waals surface area contributed by atoms with Crippen LogP contribution in [0.15, 0.2) is 59.7 Å². The van der Waals surface area contributed by atoms with Crippen molar-refractivity contribution in [1.82, 2.24) is 9.13 Å². The summed E-state index contributed by atoms with van der Waals surface area (Å²) >= 11 is 6.05. The minimum absolute atomic E-state index is 0.0902. The smallest absolute Gasteiger partial charge is 0.274 e. The number of ether oxygens (including phenoxy) is 2.